The van der Waals surface area contributed by atoms with Crippen molar-refractivity contribution in [2.45, 2.75) is 6.92 Å². The Labute approximate surface area is 169 Å². The Morgan fingerprint density at radius 2 is 1.72 bits per heavy atom. The Morgan fingerprint density at radius 3 is 2.41 bits per heavy atom. The summed E-state index contributed by atoms with van der Waals surface area (Å²) < 4.78 is 7.38. The summed E-state index contributed by atoms with van der Waals surface area (Å²) in [5.41, 5.74) is 0.757. The van der Waals surface area contributed by atoms with E-state index in [0.29, 0.717) is 19.7 Å². The van der Waals surface area contributed by atoms with Gasteiger partial charge in [-0.15, -0.1) is 0 Å². The van der Waals surface area contributed by atoms with Crippen molar-refractivity contribution < 1.29 is 9.53 Å². The molecule has 150 valence electrons. The van der Waals surface area contributed by atoms with Crippen LogP contribution in [0.25, 0.3) is 5.82 Å². The molecule has 1 fully saturated rings. The first kappa shape index (κ1) is 18.8. The SMILES string of the molecule is CCOc1ccc(NC(=O)N2CCN(c3cc(-n4cccc4)ncn3)CC2)cc1. The van der Waals surface area contributed by atoms with Crippen molar-refractivity contribution in [1.29, 1.82) is 0 Å². The molecule has 4 rings (SSSR count). The van der Waals surface area contributed by atoms with Crippen LogP contribution in [-0.4, -0.2) is 58.3 Å². The molecule has 0 unspecified atom stereocenters. The van der Waals surface area contributed by atoms with Gasteiger partial charge in [-0.05, 0) is 43.3 Å². The average Bonchev–Trinajstić information content (AvgIpc) is 3.31. The number of hydrogen-bond acceptors (Lipinski definition) is 5. The molecular formula is C21H24N6O2. The largest absolute Gasteiger partial charge is 0.494 e. The molecule has 0 atom stereocenters. The lowest BCUT2D eigenvalue weighted by Crippen LogP contribution is -2.50. The third-order valence-corrected chi connectivity index (χ3v) is 4.81. The van der Waals surface area contributed by atoms with Crippen molar-refractivity contribution in [2.24, 2.45) is 0 Å². The molecule has 1 saturated heterocycles. The van der Waals surface area contributed by atoms with Gasteiger partial charge in [-0.2, -0.15) is 0 Å². The standard InChI is InChI=1S/C21H24N6O2/c1-2-29-18-7-5-17(6-8-18)24-21(28)27-13-11-26(12-14-27)20-15-19(22-16-23-20)25-9-3-4-10-25/h3-10,15-16H,2,11-14H2,1H3,(H,24,28). The van der Waals surface area contributed by atoms with E-state index in [1.165, 1.54) is 0 Å². The zero-order chi connectivity index (χ0) is 20.1. The number of anilines is 2. The topological polar surface area (TPSA) is 75.5 Å². The lowest BCUT2D eigenvalue weighted by atomic mass is 10.3. The lowest BCUT2D eigenvalue weighted by molar-refractivity contribution is 0.208. The molecule has 29 heavy (non-hydrogen) atoms. The maximum absolute atomic E-state index is 12.6. The van der Waals surface area contributed by atoms with Gasteiger partial charge in [-0.1, -0.05) is 0 Å². The number of nitrogens with one attached hydrogen (secondary N) is 1. The number of hydrogen-bond donors (Lipinski definition) is 1. The maximum atomic E-state index is 12.6. The normalized spacial score (nSPS) is 14.0. The second-order valence-corrected chi connectivity index (χ2v) is 6.69. The van der Waals surface area contributed by atoms with Crippen molar-refractivity contribution in [3.05, 3.63) is 61.2 Å². The number of nitrogens with zero attached hydrogens (tertiary/aromatic N) is 5. The minimum absolute atomic E-state index is 0.0930. The van der Waals surface area contributed by atoms with Gasteiger partial charge < -0.3 is 24.4 Å². The van der Waals surface area contributed by atoms with E-state index < -0.39 is 0 Å². The average molecular weight is 392 g/mol. The van der Waals surface area contributed by atoms with Crippen molar-refractivity contribution in [3.8, 4) is 11.6 Å². The van der Waals surface area contributed by atoms with Gasteiger partial charge in [0.25, 0.3) is 0 Å². The third kappa shape index (κ3) is 4.48. The summed E-state index contributed by atoms with van der Waals surface area (Å²) in [4.78, 5) is 25.3. The van der Waals surface area contributed by atoms with E-state index in [-0.39, 0.29) is 6.03 Å². The Hall–Kier alpha value is -3.55. The molecular weight excluding hydrogens is 368 g/mol. The zero-order valence-corrected chi connectivity index (χ0v) is 16.4. The van der Waals surface area contributed by atoms with Crippen LogP contribution in [0, 0.1) is 0 Å². The predicted molar refractivity (Wildman–Crippen MR) is 112 cm³/mol. The number of urea groups is 1. The van der Waals surface area contributed by atoms with E-state index in [1.807, 2.05) is 71.2 Å². The quantitative estimate of drug-likeness (QED) is 0.722. The first-order valence-corrected chi connectivity index (χ1v) is 9.72. The van der Waals surface area contributed by atoms with Crippen LogP contribution in [0.1, 0.15) is 6.92 Å². The van der Waals surface area contributed by atoms with Crippen molar-refractivity contribution in [2.75, 3.05) is 43.0 Å². The van der Waals surface area contributed by atoms with Crippen LogP contribution in [0.3, 0.4) is 0 Å². The van der Waals surface area contributed by atoms with E-state index in [0.717, 1.165) is 36.2 Å². The van der Waals surface area contributed by atoms with E-state index >= 15 is 0 Å². The molecule has 3 aromatic rings. The Kier molecular flexibility index (Phi) is 5.60. The number of amides is 2. The Morgan fingerprint density at radius 1 is 1.03 bits per heavy atom. The third-order valence-electron chi connectivity index (χ3n) is 4.81. The van der Waals surface area contributed by atoms with Gasteiger partial charge in [0.2, 0.25) is 0 Å². The van der Waals surface area contributed by atoms with Crippen LogP contribution in [-0.2, 0) is 0 Å². The number of piperazine rings is 1. The van der Waals surface area contributed by atoms with Gasteiger partial charge in [0.15, 0.2) is 0 Å². The Bertz CT molecular complexity index is 934. The van der Waals surface area contributed by atoms with Gasteiger partial charge in [-0.25, -0.2) is 14.8 Å². The number of benzene rings is 1. The Balaban J connectivity index is 1.33. The highest BCUT2D eigenvalue weighted by atomic mass is 16.5. The molecule has 3 heterocycles. The van der Waals surface area contributed by atoms with Gasteiger partial charge in [0.05, 0.1) is 6.61 Å². The molecule has 0 saturated carbocycles. The van der Waals surface area contributed by atoms with Crippen molar-refractivity contribution in [1.82, 2.24) is 19.4 Å². The van der Waals surface area contributed by atoms with Crippen molar-refractivity contribution >= 4 is 17.5 Å². The number of carbonyl (C=O) groups is 1. The first-order valence-electron chi connectivity index (χ1n) is 9.72. The summed E-state index contributed by atoms with van der Waals surface area (Å²) >= 11 is 0. The van der Waals surface area contributed by atoms with Crippen LogP contribution in [0.15, 0.2) is 61.2 Å². The van der Waals surface area contributed by atoms with Gasteiger partial charge >= 0.3 is 6.03 Å². The molecule has 8 heteroatoms. The summed E-state index contributed by atoms with van der Waals surface area (Å²) in [6, 6.07) is 13.2. The van der Waals surface area contributed by atoms with Crippen LogP contribution in [0.4, 0.5) is 16.3 Å². The molecule has 1 aliphatic heterocycles. The summed E-state index contributed by atoms with van der Waals surface area (Å²) in [5, 5.41) is 2.95. The van der Waals surface area contributed by atoms with Gasteiger partial charge in [0.1, 0.15) is 23.7 Å². The number of rotatable bonds is 5. The molecule has 0 radical (unpaired) electrons. The van der Waals surface area contributed by atoms with Gasteiger partial charge in [0, 0.05) is 50.3 Å². The van der Waals surface area contributed by atoms with Crippen LogP contribution in [0.2, 0.25) is 0 Å². The van der Waals surface area contributed by atoms with Crippen LogP contribution < -0.4 is 15.0 Å². The highest BCUT2D eigenvalue weighted by Crippen LogP contribution is 2.18. The minimum atomic E-state index is -0.0930. The highest BCUT2D eigenvalue weighted by molar-refractivity contribution is 5.89. The van der Waals surface area contributed by atoms with E-state index in [2.05, 4.69) is 20.2 Å². The fourth-order valence-corrected chi connectivity index (χ4v) is 3.28. The molecule has 8 nitrogen and oxygen atoms in total. The summed E-state index contributed by atoms with van der Waals surface area (Å²) in [6.07, 6.45) is 5.49. The molecule has 0 aliphatic carbocycles. The molecule has 0 bridgehead atoms. The zero-order valence-electron chi connectivity index (χ0n) is 16.4. The molecule has 2 amide bonds. The highest BCUT2D eigenvalue weighted by Gasteiger charge is 2.22. The van der Waals surface area contributed by atoms with Crippen molar-refractivity contribution in [3.63, 3.8) is 0 Å². The van der Waals surface area contributed by atoms with E-state index in [1.54, 1.807) is 6.33 Å². The van der Waals surface area contributed by atoms with Crippen LogP contribution in [0.5, 0.6) is 5.75 Å². The second-order valence-electron chi connectivity index (χ2n) is 6.69. The molecule has 1 N–H and O–H groups in total. The number of carbonyl (C=O) groups excluding carboxylic acids is 1. The lowest BCUT2D eigenvalue weighted by Gasteiger charge is -2.35. The van der Waals surface area contributed by atoms with E-state index in [9.17, 15) is 4.79 Å². The molecule has 1 aromatic carbocycles. The monoisotopic (exact) mass is 392 g/mol. The first-order chi connectivity index (χ1) is 14.2. The summed E-state index contributed by atoms with van der Waals surface area (Å²) in [7, 11) is 0. The molecule has 0 spiro atoms. The predicted octanol–water partition coefficient (Wildman–Crippen LogP) is 3.02. The van der Waals surface area contributed by atoms with Gasteiger partial charge in [-0.3, -0.25) is 0 Å². The number of aromatic nitrogens is 3. The maximum Gasteiger partial charge on any atom is 0.321 e. The summed E-state index contributed by atoms with van der Waals surface area (Å²) in [6.45, 7) is 5.27. The summed E-state index contributed by atoms with van der Waals surface area (Å²) in [5.74, 6) is 2.49. The second kappa shape index (κ2) is 8.64. The fourth-order valence-electron chi connectivity index (χ4n) is 3.28. The number of ether oxygens (including phenoxy) is 1. The smallest absolute Gasteiger partial charge is 0.321 e. The van der Waals surface area contributed by atoms with E-state index in [4.69, 9.17) is 4.74 Å². The minimum Gasteiger partial charge on any atom is -0.494 e. The van der Waals surface area contributed by atoms with Crippen LogP contribution >= 0.6 is 0 Å². The molecule has 2 aromatic heterocycles. The fraction of sp³-hybridized carbons (Fsp3) is 0.286. The molecule has 1 aliphatic rings.